The first kappa shape index (κ1) is 10.3. The van der Waals surface area contributed by atoms with E-state index in [0.717, 1.165) is 17.7 Å². The van der Waals surface area contributed by atoms with Gasteiger partial charge in [-0.15, -0.1) is 0 Å². The molecule has 1 unspecified atom stereocenters. The van der Waals surface area contributed by atoms with Crippen LogP contribution in [0.4, 0.5) is 10.1 Å². The smallest absolute Gasteiger partial charge is 0.123 e. The maximum atomic E-state index is 13.2. The number of fused-ring (bicyclic) bond motifs is 4. The summed E-state index contributed by atoms with van der Waals surface area (Å²) in [6.45, 7) is 2.10. The average Bonchev–Trinajstić information content (AvgIpc) is 2.17. The van der Waals surface area contributed by atoms with E-state index < -0.39 is 10.8 Å². The van der Waals surface area contributed by atoms with E-state index in [1.807, 2.05) is 0 Å². The van der Waals surface area contributed by atoms with E-state index in [0.29, 0.717) is 11.5 Å². The van der Waals surface area contributed by atoms with Crippen molar-refractivity contribution < 1.29 is 8.60 Å². The highest BCUT2D eigenvalue weighted by molar-refractivity contribution is 7.85. The van der Waals surface area contributed by atoms with Gasteiger partial charge in [-0.3, -0.25) is 4.21 Å². The summed E-state index contributed by atoms with van der Waals surface area (Å²) in [6.07, 6.45) is 0.954. The third-order valence-electron chi connectivity index (χ3n) is 3.45. The maximum absolute atomic E-state index is 13.2. The molecule has 2 aliphatic rings. The zero-order chi connectivity index (χ0) is 11.3. The fraction of sp³-hybridized carbons (Fsp3) is 0.500. The highest BCUT2D eigenvalue weighted by Crippen LogP contribution is 2.43. The van der Waals surface area contributed by atoms with Crippen LogP contribution in [0.2, 0.25) is 0 Å². The Hall–Kier alpha value is -0.900. The van der Waals surface area contributed by atoms with Crippen LogP contribution in [0.1, 0.15) is 24.8 Å². The normalized spacial score (nSPS) is 36.4. The predicted octanol–water partition coefficient (Wildman–Crippen LogP) is 2.25. The Kier molecular flexibility index (Phi) is 2.11. The number of benzene rings is 1. The van der Waals surface area contributed by atoms with E-state index in [1.54, 1.807) is 12.1 Å². The van der Waals surface area contributed by atoms with Gasteiger partial charge in [-0.2, -0.15) is 0 Å². The second-order valence-electron chi connectivity index (χ2n) is 5.07. The van der Waals surface area contributed by atoms with Gasteiger partial charge in [0.25, 0.3) is 0 Å². The van der Waals surface area contributed by atoms with Gasteiger partial charge in [0.15, 0.2) is 0 Å². The lowest BCUT2D eigenvalue weighted by Gasteiger charge is -2.44. The first-order valence-electron chi connectivity index (χ1n) is 5.48. The molecule has 2 heterocycles. The summed E-state index contributed by atoms with van der Waals surface area (Å²) in [5.41, 5.74) is 1.92. The molecular weight excluding hydrogens is 225 g/mol. The largest absolute Gasteiger partial charge is 0.379 e. The van der Waals surface area contributed by atoms with Crippen LogP contribution in [0.3, 0.4) is 0 Å². The second kappa shape index (κ2) is 3.29. The molecule has 0 radical (unpaired) electrons. The summed E-state index contributed by atoms with van der Waals surface area (Å²) in [5, 5.41) is 3.40. The van der Waals surface area contributed by atoms with Crippen molar-refractivity contribution in [1.82, 2.24) is 0 Å². The van der Waals surface area contributed by atoms with E-state index in [4.69, 9.17) is 0 Å². The molecule has 0 aromatic heterocycles. The molecule has 86 valence electrons. The molecule has 3 rings (SSSR count). The Bertz CT molecular complexity index is 476. The van der Waals surface area contributed by atoms with Crippen molar-refractivity contribution in [2.45, 2.75) is 24.8 Å². The van der Waals surface area contributed by atoms with Crippen molar-refractivity contribution >= 4 is 16.5 Å². The van der Waals surface area contributed by atoms with Gasteiger partial charge in [-0.1, -0.05) is 0 Å². The van der Waals surface area contributed by atoms with Crippen molar-refractivity contribution in [3.8, 4) is 0 Å². The summed E-state index contributed by atoms with van der Waals surface area (Å²) in [4.78, 5) is 0. The van der Waals surface area contributed by atoms with E-state index in [-0.39, 0.29) is 17.3 Å². The quantitative estimate of drug-likeness (QED) is 0.752. The molecule has 1 aromatic rings. The zero-order valence-corrected chi connectivity index (χ0v) is 9.94. The average molecular weight is 239 g/mol. The van der Waals surface area contributed by atoms with Crippen LogP contribution in [-0.2, 0) is 10.8 Å². The molecule has 2 nitrogen and oxygen atoms in total. The van der Waals surface area contributed by atoms with Crippen LogP contribution in [0.15, 0.2) is 18.2 Å². The standard InChI is InChI=1S/C12H14FNOS/c1-12-5-8(6-16(15)7-12)10-4-9(13)2-3-11(10)14-12/h2-4,8,14H,5-7H2,1H3/t8-,12+,16?/m1/s1. The lowest BCUT2D eigenvalue weighted by atomic mass is 9.81. The SMILES string of the molecule is C[C@]12C[C@H](CS(=O)C1)c1cc(F)ccc1N2. The van der Waals surface area contributed by atoms with E-state index in [9.17, 15) is 8.60 Å². The molecule has 2 aliphatic heterocycles. The van der Waals surface area contributed by atoms with E-state index >= 15 is 0 Å². The molecule has 3 atom stereocenters. The topological polar surface area (TPSA) is 29.1 Å². The fourth-order valence-electron chi connectivity index (χ4n) is 2.90. The third-order valence-corrected chi connectivity index (χ3v) is 5.19. The van der Waals surface area contributed by atoms with Crippen molar-refractivity contribution in [1.29, 1.82) is 0 Å². The van der Waals surface area contributed by atoms with Crippen molar-refractivity contribution in [3.63, 3.8) is 0 Å². The summed E-state index contributed by atoms with van der Waals surface area (Å²) >= 11 is 0. The highest BCUT2D eigenvalue weighted by atomic mass is 32.2. The number of hydrogen-bond acceptors (Lipinski definition) is 2. The highest BCUT2D eigenvalue weighted by Gasteiger charge is 2.41. The van der Waals surface area contributed by atoms with Gasteiger partial charge in [0, 0.05) is 33.5 Å². The Balaban J connectivity index is 2.10. The van der Waals surface area contributed by atoms with Gasteiger partial charge in [0.2, 0.25) is 0 Å². The zero-order valence-electron chi connectivity index (χ0n) is 9.13. The second-order valence-corrected chi connectivity index (χ2v) is 6.57. The van der Waals surface area contributed by atoms with Gasteiger partial charge < -0.3 is 5.32 Å². The minimum Gasteiger partial charge on any atom is -0.379 e. The van der Waals surface area contributed by atoms with Crippen LogP contribution >= 0.6 is 0 Å². The molecule has 2 bridgehead atoms. The monoisotopic (exact) mass is 239 g/mol. The van der Waals surface area contributed by atoms with Crippen molar-refractivity contribution in [2.75, 3.05) is 16.8 Å². The first-order valence-corrected chi connectivity index (χ1v) is 6.97. The maximum Gasteiger partial charge on any atom is 0.123 e. The summed E-state index contributed by atoms with van der Waals surface area (Å²) in [6, 6.07) is 4.85. The van der Waals surface area contributed by atoms with E-state index in [2.05, 4.69) is 12.2 Å². The molecule has 1 N–H and O–H groups in total. The van der Waals surface area contributed by atoms with Gasteiger partial charge >= 0.3 is 0 Å². The molecule has 16 heavy (non-hydrogen) atoms. The van der Waals surface area contributed by atoms with Crippen LogP contribution in [-0.4, -0.2) is 21.3 Å². The van der Waals surface area contributed by atoms with Gasteiger partial charge in [-0.25, -0.2) is 4.39 Å². The molecule has 1 aromatic carbocycles. The first-order chi connectivity index (χ1) is 7.56. The predicted molar refractivity (Wildman–Crippen MR) is 63.7 cm³/mol. The molecule has 0 aliphatic carbocycles. The van der Waals surface area contributed by atoms with Gasteiger partial charge in [0.1, 0.15) is 5.82 Å². The minimum absolute atomic E-state index is 0.0847. The summed E-state index contributed by atoms with van der Waals surface area (Å²) in [7, 11) is -0.787. The lowest BCUT2D eigenvalue weighted by Crippen LogP contribution is -2.49. The number of rotatable bonds is 0. The summed E-state index contributed by atoms with van der Waals surface area (Å²) < 4.78 is 25.0. The number of anilines is 1. The van der Waals surface area contributed by atoms with Gasteiger partial charge in [0.05, 0.1) is 0 Å². The summed E-state index contributed by atoms with van der Waals surface area (Å²) in [5.74, 6) is 1.40. The Morgan fingerprint density at radius 1 is 1.56 bits per heavy atom. The Morgan fingerprint density at radius 2 is 2.38 bits per heavy atom. The van der Waals surface area contributed by atoms with E-state index in [1.165, 1.54) is 6.07 Å². The van der Waals surface area contributed by atoms with Gasteiger partial charge in [-0.05, 0) is 43.0 Å². The number of hydrogen-bond donors (Lipinski definition) is 1. The van der Waals surface area contributed by atoms with Crippen LogP contribution in [0, 0.1) is 5.82 Å². The third kappa shape index (κ3) is 1.56. The van der Waals surface area contributed by atoms with Crippen LogP contribution in [0.5, 0.6) is 0 Å². The molecule has 1 fully saturated rings. The minimum atomic E-state index is -0.787. The molecule has 4 heteroatoms. The van der Waals surface area contributed by atoms with Crippen LogP contribution in [0.25, 0.3) is 0 Å². The molecule has 1 saturated heterocycles. The van der Waals surface area contributed by atoms with Crippen molar-refractivity contribution in [2.24, 2.45) is 0 Å². The van der Waals surface area contributed by atoms with Crippen molar-refractivity contribution in [3.05, 3.63) is 29.6 Å². The molecular formula is C12H14FNOS. The Morgan fingerprint density at radius 3 is 3.19 bits per heavy atom. The lowest BCUT2D eigenvalue weighted by molar-refractivity contribution is 0.440. The number of nitrogens with one attached hydrogen (secondary N) is 1. The number of halogens is 1. The molecule has 0 spiro atoms. The fourth-order valence-corrected chi connectivity index (χ4v) is 4.66. The molecule has 0 amide bonds. The van der Waals surface area contributed by atoms with Crippen LogP contribution < -0.4 is 5.32 Å². The Labute approximate surface area is 96.7 Å². The molecule has 0 saturated carbocycles.